The summed E-state index contributed by atoms with van der Waals surface area (Å²) in [6.45, 7) is 1.61. The lowest BCUT2D eigenvalue weighted by atomic mass is 9.98. The molecule has 32 heavy (non-hydrogen) atoms. The molecular weight excluding hydrogens is 412 g/mol. The molecule has 1 unspecified atom stereocenters. The molecule has 0 bridgehead atoms. The van der Waals surface area contributed by atoms with Crippen molar-refractivity contribution in [2.24, 2.45) is 0 Å². The highest BCUT2D eigenvalue weighted by Crippen LogP contribution is 2.44. The van der Waals surface area contributed by atoms with E-state index < -0.39 is 24.0 Å². The van der Waals surface area contributed by atoms with E-state index in [0.717, 1.165) is 22.3 Å². The minimum absolute atomic E-state index is 0.0336. The SMILES string of the molecule is CC(CCC(=O)N[C@H](CCO)C(=O)O)NC(=O)OCC1c2ccccc2-c2ccccc21. The number of amides is 2. The van der Waals surface area contributed by atoms with Crippen LogP contribution in [-0.4, -0.2) is 53.5 Å². The highest BCUT2D eigenvalue weighted by Gasteiger charge is 2.29. The number of carbonyl (C=O) groups is 3. The normalized spacial score (nSPS) is 14.1. The summed E-state index contributed by atoms with van der Waals surface area (Å²) in [6.07, 6.45) is -0.265. The number of fused-ring (bicyclic) bond motifs is 3. The quantitative estimate of drug-likeness (QED) is 0.450. The topological polar surface area (TPSA) is 125 Å². The molecule has 1 aliphatic carbocycles. The number of benzene rings is 2. The number of carbonyl (C=O) groups excluding carboxylic acids is 2. The Kier molecular flexibility index (Phi) is 7.83. The first-order valence-corrected chi connectivity index (χ1v) is 10.6. The van der Waals surface area contributed by atoms with Crippen molar-refractivity contribution in [2.45, 2.75) is 44.2 Å². The summed E-state index contributed by atoms with van der Waals surface area (Å²) in [4.78, 5) is 35.3. The van der Waals surface area contributed by atoms with E-state index in [2.05, 4.69) is 22.8 Å². The van der Waals surface area contributed by atoms with Crippen LogP contribution in [0.15, 0.2) is 48.5 Å². The standard InChI is InChI=1S/C24H28N2O6/c1-15(10-11-22(28)26-21(12-13-27)23(29)30)25-24(31)32-14-20-18-8-4-2-6-16(18)17-7-3-5-9-19(17)20/h2-9,15,20-21,27H,10-14H2,1H3,(H,25,31)(H,26,28)(H,29,30)/t15?,21-/m1/s1. The first-order chi connectivity index (χ1) is 15.4. The van der Waals surface area contributed by atoms with E-state index in [-0.39, 0.29) is 38.0 Å². The third-order valence-corrected chi connectivity index (χ3v) is 5.56. The van der Waals surface area contributed by atoms with Crippen molar-refractivity contribution in [3.8, 4) is 11.1 Å². The fourth-order valence-corrected chi connectivity index (χ4v) is 3.91. The van der Waals surface area contributed by atoms with E-state index in [1.165, 1.54) is 0 Å². The summed E-state index contributed by atoms with van der Waals surface area (Å²) in [7, 11) is 0. The van der Waals surface area contributed by atoms with Crippen molar-refractivity contribution >= 4 is 18.0 Å². The molecule has 0 aliphatic heterocycles. The van der Waals surface area contributed by atoms with E-state index in [0.29, 0.717) is 6.42 Å². The number of rotatable bonds is 10. The highest BCUT2D eigenvalue weighted by atomic mass is 16.5. The van der Waals surface area contributed by atoms with Crippen molar-refractivity contribution in [1.82, 2.24) is 10.6 Å². The van der Waals surface area contributed by atoms with Crippen LogP contribution in [-0.2, 0) is 14.3 Å². The zero-order chi connectivity index (χ0) is 23.1. The Morgan fingerprint density at radius 1 is 0.969 bits per heavy atom. The number of aliphatic hydroxyl groups is 1. The van der Waals surface area contributed by atoms with E-state index in [4.69, 9.17) is 14.9 Å². The maximum Gasteiger partial charge on any atom is 0.407 e. The van der Waals surface area contributed by atoms with Gasteiger partial charge >= 0.3 is 12.1 Å². The fourth-order valence-electron chi connectivity index (χ4n) is 3.91. The van der Waals surface area contributed by atoms with Gasteiger partial charge in [0.15, 0.2) is 0 Å². The number of carboxylic acids is 1. The molecule has 3 rings (SSSR count). The fraction of sp³-hybridized carbons (Fsp3) is 0.375. The molecule has 0 spiro atoms. The van der Waals surface area contributed by atoms with Gasteiger partial charge in [0.1, 0.15) is 12.6 Å². The molecule has 0 radical (unpaired) electrons. The molecule has 170 valence electrons. The van der Waals surface area contributed by atoms with Crippen LogP contribution < -0.4 is 10.6 Å². The Bertz CT molecular complexity index is 931. The summed E-state index contributed by atoms with van der Waals surface area (Å²) >= 11 is 0. The van der Waals surface area contributed by atoms with Crippen LogP contribution in [0.25, 0.3) is 11.1 Å². The highest BCUT2D eigenvalue weighted by molar-refractivity contribution is 5.83. The summed E-state index contributed by atoms with van der Waals surface area (Å²) < 4.78 is 5.49. The van der Waals surface area contributed by atoms with E-state index in [9.17, 15) is 14.4 Å². The predicted octanol–water partition coefficient (Wildman–Crippen LogP) is 2.65. The molecule has 0 aromatic heterocycles. The van der Waals surface area contributed by atoms with Gasteiger partial charge in [0.25, 0.3) is 0 Å². The molecule has 1 aliphatic rings. The number of hydrogen-bond donors (Lipinski definition) is 4. The summed E-state index contributed by atoms with van der Waals surface area (Å²) in [5.41, 5.74) is 4.55. The van der Waals surface area contributed by atoms with Gasteiger partial charge in [-0.2, -0.15) is 0 Å². The number of nitrogens with one attached hydrogen (secondary N) is 2. The van der Waals surface area contributed by atoms with Gasteiger partial charge in [0.05, 0.1) is 0 Å². The predicted molar refractivity (Wildman–Crippen MR) is 118 cm³/mol. The number of aliphatic carboxylic acids is 1. The third-order valence-electron chi connectivity index (χ3n) is 5.56. The molecule has 8 nitrogen and oxygen atoms in total. The summed E-state index contributed by atoms with van der Waals surface area (Å²) in [5.74, 6) is -1.68. The number of carboxylic acid groups (broad SMARTS) is 1. The van der Waals surface area contributed by atoms with Gasteiger partial charge in [-0.1, -0.05) is 48.5 Å². The molecular formula is C24H28N2O6. The second-order valence-electron chi connectivity index (χ2n) is 7.88. The average Bonchev–Trinajstić information content (AvgIpc) is 3.10. The number of aliphatic hydroxyl groups excluding tert-OH is 1. The summed E-state index contributed by atoms with van der Waals surface area (Å²) in [5, 5.41) is 23.0. The van der Waals surface area contributed by atoms with Crippen LogP contribution in [0.4, 0.5) is 4.79 Å². The Morgan fingerprint density at radius 2 is 1.56 bits per heavy atom. The van der Waals surface area contributed by atoms with Gasteiger partial charge in [-0.15, -0.1) is 0 Å². The molecule has 2 atom stereocenters. The Hall–Kier alpha value is -3.39. The Morgan fingerprint density at radius 3 is 2.12 bits per heavy atom. The van der Waals surface area contributed by atoms with Crippen molar-refractivity contribution < 1.29 is 29.3 Å². The first-order valence-electron chi connectivity index (χ1n) is 10.6. The van der Waals surface area contributed by atoms with Crippen LogP contribution in [0.1, 0.15) is 43.2 Å². The molecule has 8 heteroatoms. The second-order valence-corrected chi connectivity index (χ2v) is 7.88. The molecule has 4 N–H and O–H groups in total. The van der Waals surface area contributed by atoms with Crippen molar-refractivity contribution in [2.75, 3.05) is 13.2 Å². The number of alkyl carbamates (subject to hydrolysis) is 1. The van der Waals surface area contributed by atoms with E-state index in [1.807, 2.05) is 36.4 Å². The molecule has 2 aromatic carbocycles. The van der Waals surface area contributed by atoms with Crippen LogP contribution in [0.3, 0.4) is 0 Å². The second kappa shape index (κ2) is 10.8. The zero-order valence-electron chi connectivity index (χ0n) is 17.9. The molecule has 0 saturated carbocycles. The largest absolute Gasteiger partial charge is 0.480 e. The van der Waals surface area contributed by atoms with E-state index >= 15 is 0 Å². The van der Waals surface area contributed by atoms with Gasteiger partial charge in [0.2, 0.25) is 5.91 Å². The van der Waals surface area contributed by atoms with Crippen LogP contribution in [0.5, 0.6) is 0 Å². The van der Waals surface area contributed by atoms with Crippen molar-refractivity contribution in [3.63, 3.8) is 0 Å². The monoisotopic (exact) mass is 440 g/mol. The molecule has 2 amide bonds. The Labute approximate surface area is 186 Å². The maximum absolute atomic E-state index is 12.3. The lowest BCUT2D eigenvalue weighted by Gasteiger charge is -2.18. The smallest absolute Gasteiger partial charge is 0.407 e. The van der Waals surface area contributed by atoms with Crippen molar-refractivity contribution in [3.05, 3.63) is 59.7 Å². The van der Waals surface area contributed by atoms with Gasteiger partial charge in [-0.3, -0.25) is 4.79 Å². The van der Waals surface area contributed by atoms with Crippen LogP contribution in [0, 0.1) is 0 Å². The minimum Gasteiger partial charge on any atom is -0.480 e. The van der Waals surface area contributed by atoms with Gasteiger partial charge in [-0.05, 0) is 35.6 Å². The van der Waals surface area contributed by atoms with Crippen molar-refractivity contribution in [1.29, 1.82) is 0 Å². The average molecular weight is 440 g/mol. The van der Waals surface area contributed by atoms with Gasteiger partial charge in [0, 0.05) is 31.4 Å². The first kappa shape index (κ1) is 23.3. The minimum atomic E-state index is -1.20. The number of ether oxygens (including phenoxy) is 1. The van der Waals surface area contributed by atoms with E-state index in [1.54, 1.807) is 6.92 Å². The molecule has 0 saturated heterocycles. The number of hydrogen-bond acceptors (Lipinski definition) is 5. The lowest BCUT2D eigenvalue weighted by molar-refractivity contribution is -0.142. The molecule has 2 aromatic rings. The Balaban J connectivity index is 1.47. The molecule has 0 fully saturated rings. The molecule has 0 heterocycles. The summed E-state index contributed by atoms with van der Waals surface area (Å²) in [6, 6.07) is 14.7. The van der Waals surface area contributed by atoms with Crippen LogP contribution >= 0.6 is 0 Å². The lowest BCUT2D eigenvalue weighted by Crippen LogP contribution is -2.42. The zero-order valence-corrected chi connectivity index (χ0v) is 17.9. The van der Waals surface area contributed by atoms with Gasteiger partial charge in [-0.25, -0.2) is 9.59 Å². The third kappa shape index (κ3) is 5.64. The van der Waals surface area contributed by atoms with Gasteiger partial charge < -0.3 is 25.6 Å². The maximum atomic E-state index is 12.3. The van der Waals surface area contributed by atoms with Crippen LogP contribution in [0.2, 0.25) is 0 Å².